The van der Waals surface area contributed by atoms with Crippen molar-refractivity contribution in [3.63, 3.8) is 0 Å². The second-order valence-corrected chi connectivity index (χ2v) is 4.68. The van der Waals surface area contributed by atoms with E-state index in [2.05, 4.69) is 5.32 Å². The van der Waals surface area contributed by atoms with Gasteiger partial charge in [-0.05, 0) is 25.4 Å². The van der Waals surface area contributed by atoms with Crippen LogP contribution in [0.3, 0.4) is 0 Å². The zero-order chi connectivity index (χ0) is 10.7. The largest absolute Gasteiger partial charge is 0.384 e. The van der Waals surface area contributed by atoms with Crippen molar-refractivity contribution in [2.45, 2.75) is 12.8 Å². The molecule has 0 aromatic rings. The van der Waals surface area contributed by atoms with Crippen LogP contribution in [-0.2, 0) is 9.53 Å². The highest BCUT2D eigenvalue weighted by Crippen LogP contribution is 2.19. The van der Waals surface area contributed by atoms with Crippen molar-refractivity contribution >= 4 is 5.91 Å². The molecule has 2 aliphatic heterocycles. The molecule has 86 valence electrons. The van der Waals surface area contributed by atoms with Crippen molar-refractivity contribution in [1.29, 1.82) is 0 Å². The number of carbonyl (C=O) groups is 1. The molecule has 2 fully saturated rings. The molecule has 1 unspecified atom stereocenters. The zero-order valence-electron chi connectivity index (χ0n) is 9.37. The first-order valence-corrected chi connectivity index (χ1v) is 5.77. The van der Waals surface area contributed by atoms with Crippen LogP contribution >= 0.6 is 0 Å². The van der Waals surface area contributed by atoms with Crippen LogP contribution in [0, 0.1) is 11.8 Å². The van der Waals surface area contributed by atoms with Crippen LogP contribution in [0.2, 0.25) is 0 Å². The average Bonchev–Trinajstić information content (AvgIpc) is 2.60. The molecule has 1 amide bonds. The Bertz CT molecular complexity index is 229. The third-order valence-corrected chi connectivity index (χ3v) is 3.37. The lowest BCUT2D eigenvalue weighted by Crippen LogP contribution is -2.45. The standard InChI is InChI=1S/C11H20N2O2/c1-15-8-9-2-3-13(7-9)11(14)4-10-5-12-6-10/h9-10,12H,2-8H2,1H3. The average molecular weight is 212 g/mol. The fourth-order valence-corrected chi connectivity index (χ4v) is 2.30. The van der Waals surface area contributed by atoms with Crippen LogP contribution in [0.4, 0.5) is 0 Å². The van der Waals surface area contributed by atoms with E-state index in [4.69, 9.17) is 4.74 Å². The Morgan fingerprint density at radius 2 is 2.27 bits per heavy atom. The minimum Gasteiger partial charge on any atom is -0.384 e. The fraction of sp³-hybridized carbons (Fsp3) is 0.909. The van der Waals surface area contributed by atoms with Gasteiger partial charge in [0.15, 0.2) is 0 Å². The number of hydrogen-bond acceptors (Lipinski definition) is 3. The number of nitrogens with zero attached hydrogens (tertiary/aromatic N) is 1. The monoisotopic (exact) mass is 212 g/mol. The van der Waals surface area contributed by atoms with Gasteiger partial charge in [-0.3, -0.25) is 4.79 Å². The Labute approximate surface area is 91.0 Å². The summed E-state index contributed by atoms with van der Waals surface area (Å²) in [5, 5.41) is 3.20. The molecule has 4 heteroatoms. The zero-order valence-corrected chi connectivity index (χ0v) is 9.37. The maximum absolute atomic E-state index is 11.9. The summed E-state index contributed by atoms with van der Waals surface area (Å²) in [7, 11) is 1.73. The number of amides is 1. The lowest BCUT2D eigenvalue weighted by atomic mass is 9.99. The van der Waals surface area contributed by atoms with Crippen LogP contribution in [0.5, 0.6) is 0 Å². The molecule has 1 atom stereocenters. The van der Waals surface area contributed by atoms with Gasteiger partial charge in [0.05, 0.1) is 6.61 Å². The maximum atomic E-state index is 11.9. The van der Waals surface area contributed by atoms with Crippen molar-refractivity contribution in [2.75, 3.05) is 39.9 Å². The van der Waals surface area contributed by atoms with E-state index in [1.165, 1.54) is 0 Å². The second kappa shape index (κ2) is 4.94. The van der Waals surface area contributed by atoms with E-state index in [9.17, 15) is 4.79 Å². The summed E-state index contributed by atoms with van der Waals surface area (Å²) in [4.78, 5) is 13.9. The van der Waals surface area contributed by atoms with Gasteiger partial charge in [0.1, 0.15) is 0 Å². The number of ether oxygens (including phenoxy) is 1. The molecule has 1 N–H and O–H groups in total. The van der Waals surface area contributed by atoms with Crippen molar-refractivity contribution in [2.24, 2.45) is 11.8 Å². The van der Waals surface area contributed by atoms with E-state index in [0.717, 1.165) is 45.6 Å². The van der Waals surface area contributed by atoms with E-state index < -0.39 is 0 Å². The Hall–Kier alpha value is -0.610. The first kappa shape index (κ1) is 10.9. The molecule has 0 aliphatic carbocycles. The van der Waals surface area contributed by atoms with Crippen molar-refractivity contribution in [3.05, 3.63) is 0 Å². The number of methoxy groups -OCH3 is 1. The lowest BCUT2D eigenvalue weighted by molar-refractivity contribution is -0.131. The molecule has 0 saturated carbocycles. The quantitative estimate of drug-likeness (QED) is 0.718. The summed E-state index contributed by atoms with van der Waals surface area (Å²) < 4.78 is 5.12. The minimum atomic E-state index is 0.333. The molecular formula is C11H20N2O2. The summed E-state index contributed by atoms with van der Waals surface area (Å²) in [6.07, 6.45) is 1.83. The molecule has 2 heterocycles. The molecular weight excluding hydrogens is 192 g/mol. The number of carbonyl (C=O) groups excluding carboxylic acids is 1. The van der Waals surface area contributed by atoms with Crippen molar-refractivity contribution in [3.8, 4) is 0 Å². The third kappa shape index (κ3) is 2.69. The predicted molar refractivity (Wildman–Crippen MR) is 57.5 cm³/mol. The third-order valence-electron chi connectivity index (χ3n) is 3.37. The summed E-state index contributed by atoms with van der Waals surface area (Å²) in [6.45, 7) is 4.64. The van der Waals surface area contributed by atoms with Crippen molar-refractivity contribution < 1.29 is 9.53 Å². The van der Waals surface area contributed by atoms with Crippen LogP contribution in [0.15, 0.2) is 0 Å². The molecule has 15 heavy (non-hydrogen) atoms. The second-order valence-electron chi connectivity index (χ2n) is 4.68. The number of hydrogen-bond donors (Lipinski definition) is 1. The smallest absolute Gasteiger partial charge is 0.222 e. The van der Waals surface area contributed by atoms with E-state index >= 15 is 0 Å². The first-order chi connectivity index (χ1) is 7.29. The van der Waals surface area contributed by atoms with Gasteiger partial charge in [0, 0.05) is 32.5 Å². The van der Waals surface area contributed by atoms with Gasteiger partial charge >= 0.3 is 0 Å². The van der Waals surface area contributed by atoms with Gasteiger partial charge in [-0.1, -0.05) is 0 Å². The molecule has 4 nitrogen and oxygen atoms in total. The SMILES string of the molecule is COCC1CCN(C(=O)CC2CNC2)C1. The highest BCUT2D eigenvalue weighted by Gasteiger charge is 2.28. The first-order valence-electron chi connectivity index (χ1n) is 5.77. The minimum absolute atomic E-state index is 0.333. The molecule has 0 aromatic carbocycles. The van der Waals surface area contributed by atoms with Gasteiger partial charge in [0.25, 0.3) is 0 Å². The number of likely N-dealkylation sites (tertiary alicyclic amines) is 1. The molecule has 0 aromatic heterocycles. The fourth-order valence-electron chi connectivity index (χ4n) is 2.30. The number of nitrogens with one attached hydrogen (secondary N) is 1. The highest BCUT2D eigenvalue weighted by atomic mass is 16.5. The Kier molecular flexibility index (Phi) is 3.59. The van der Waals surface area contributed by atoms with Crippen LogP contribution in [-0.4, -0.2) is 50.7 Å². The summed E-state index contributed by atoms with van der Waals surface area (Å²) >= 11 is 0. The summed E-state index contributed by atoms with van der Waals surface area (Å²) in [5.74, 6) is 1.47. The number of rotatable bonds is 4. The Balaban J connectivity index is 1.71. The summed E-state index contributed by atoms with van der Waals surface area (Å²) in [6, 6.07) is 0. The summed E-state index contributed by atoms with van der Waals surface area (Å²) in [5.41, 5.74) is 0. The van der Waals surface area contributed by atoms with Gasteiger partial charge in [-0.15, -0.1) is 0 Å². The van der Waals surface area contributed by atoms with E-state index in [1.54, 1.807) is 7.11 Å². The van der Waals surface area contributed by atoms with Gasteiger partial charge < -0.3 is 15.0 Å². The van der Waals surface area contributed by atoms with E-state index in [1.807, 2.05) is 4.90 Å². The topological polar surface area (TPSA) is 41.6 Å². The van der Waals surface area contributed by atoms with Gasteiger partial charge in [0.2, 0.25) is 5.91 Å². The Morgan fingerprint density at radius 1 is 1.47 bits per heavy atom. The normalized spacial score (nSPS) is 26.7. The Morgan fingerprint density at radius 3 is 2.87 bits per heavy atom. The molecule has 2 rings (SSSR count). The van der Waals surface area contributed by atoms with Crippen LogP contribution in [0.1, 0.15) is 12.8 Å². The lowest BCUT2D eigenvalue weighted by Gasteiger charge is -2.28. The molecule has 0 radical (unpaired) electrons. The van der Waals surface area contributed by atoms with Gasteiger partial charge in [-0.2, -0.15) is 0 Å². The predicted octanol–water partition coefficient (Wildman–Crippen LogP) is 0.0908. The van der Waals surface area contributed by atoms with E-state index in [-0.39, 0.29) is 0 Å². The highest BCUT2D eigenvalue weighted by molar-refractivity contribution is 5.76. The molecule has 2 aliphatic rings. The van der Waals surface area contributed by atoms with Crippen molar-refractivity contribution in [1.82, 2.24) is 10.2 Å². The van der Waals surface area contributed by atoms with Crippen LogP contribution < -0.4 is 5.32 Å². The molecule has 2 saturated heterocycles. The molecule has 0 spiro atoms. The van der Waals surface area contributed by atoms with E-state index in [0.29, 0.717) is 17.7 Å². The van der Waals surface area contributed by atoms with Gasteiger partial charge in [-0.25, -0.2) is 0 Å². The maximum Gasteiger partial charge on any atom is 0.222 e. The molecule has 0 bridgehead atoms. The van der Waals surface area contributed by atoms with Crippen LogP contribution in [0.25, 0.3) is 0 Å².